The minimum atomic E-state index is -0.113. The molecule has 2 aromatic rings. The fourth-order valence-electron chi connectivity index (χ4n) is 2.24. The highest BCUT2D eigenvalue weighted by atomic mass is 79.9. The Morgan fingerprint density at radius 3 is 2.50 bits per heavy atom. The Balaban J connectivity index is 1.93. The maximum atomic E-state index is 12.1. The van der Waals surface area contributed by atoms with E-state index in [2.05, 4.69) is 28.2 Å². The number of benzene rings is 2. The number of para-hydroxylation sites is 1. The van der Waals surface area contributed by atoms with Crippen LogP contribution in [0.4, 0.5) is 0 Å². The smallest absolute Gasteiger partial charge is 0.258 e. The van der Waals surface area contributed by atoms with Crippen LogP contribution in [-0.4, -0.2) is 12.5 Å². The second-order valence-corrected chi connectivity index (χ2v) is 5.89. The zero-order valence-electron chi connectivity index (χ0n) is 12.6. The molecule has 0 aliphatic rings. The molecule has 0 spiro atoms. The van der Waals surface area contributed by atoms with Crippen LogP contribution >= 0.6 is 15.9 Å². The van der Waals surface area contributed by atoms with Crippen LogP contribution in [0, 0.1) is 0 Å². The molecule has 1 N–H and O–H groups in total. The Bertz CT molecular complexity index is 601. The van der Waals surface area contributed by atoms with Gasteiger partial charge in [0.05, 0.1) is 10.5 Å². The number of nitrogens with one attached hydrogen (secondary N) is 1. The van der Waals surface area contributed by atoms with E-state index in [1.807, 2.05) is 54.6 Å². The summed E-state index contributed by atoms with van der Waals surface area (Å²) in [6.07, 6.45) is 1.91. The second kappa shape index (κ2) is 8.59. The molecule has 1 atom stereocenters. The Morgan fingerprint density at radius 2 is 1.82 bits per heavy atom. The van der Waals surface area contributed by atoms with Gasteiger partial charge in [-0.3, -0.25) is 4.79 Å². The van der Waals surface area contributed by atoms with Gasteiger partial charge in [-0.05, 0) is 40.0 Å². The van der Waals surface area contributed by atoms with Crippen molar-refractivity contribution in [1.29, 1.82) is 0 Å². The summed E-state index contributed by atoms with van der Waals surface area (Å²) in [5, 5.41) is 3.04. The van der Waals surface area contributed by atoms with Crippen molar-refractivity contribution >= 4 is 21.8 Å². The maximum Gasteiger partial charge on any atom is 0.258 e. The van der Waals surface area contributed by atoms with Crippen LogP contribution in [0.15, 0.2) is 59.1 Å². The van der Waals surface area contributed by atoms with E-state index >= 15 is 0 Å². The lowest BCUT2D eigenvalue weighted by molar-refractivity contribution is -0.123. The number of carbonyl (C=O) groups excluding carboxylic acids is 1. The number of amides is 1. The second-order valence-electron chi connectivity index (χ2n) is 5.04. The van der Waals surface area contributed by atoms with Gasteiger partial charge in [0, 0.05) is 0 Å². The highest BCUT2D eigenvalue weighted by Crippen LogP contribution is 2.23. The van der Waals surface area contributed by atoms with Gasteiger partial charge in [-0.1, -0.05) is 55.8 Å². The molecule has 4 heteroatoms. The average molecular weight is 362 g/mol. The lowest BCUT2D eigenvalue weighted by atomic mass is 10.0. The van der Waals surface area contributed by atoms with Crippen molar-refractivity contribution < 1.29 is 9.53 Å². The third-order valence-corrected chi connectivity index (χ3v) is 3.97. The molecular formula is C18H20BrNO2. The van der Waals surface area contributed by atoms with Gasteiger partial charge in [-0.25, -0.2) is 0 Å². The first-order chi connectivity index (χ1) is 10.7. The van der Waals surface area contributed by atoms with E-state index < -0.39 is 0 Å². The summed E-state index contributed by atoms with van der Waals surface area (Å²) in [6, 6.07) is 17.6. The number of halogens is 1. The minimum Gasteiger partial charge on any atom is -0.483 e. The topological polar surface area (TPSA) is 38.3 Å². The van der Waals surface area contributed by atoms with Crippen LogP contribution in [0.2, 0.25) is 0 Å². The van der Waals surface area contributed by atoms with E-state index in [0.29, 0.717) is 5.75 Å². The van der Waals surface area contributed by atoms with E-state index in [1.165, 1.54) is 0 Å². The molecule has 0 unspecified atom stereocenters. The van der Waals surface area contributed by atoms with E-state index in [0.717, 1.165) is 22.9 Å². The van der Waals surface area contributed by atoms with Gasteiger partial charge < -0.3 is 10.1 Å². The maximum absolute atomic E-state index is 12.1. The summed E-state index contributed by atoms with van der Waals surface area (Å²) >= 11 is 3.40. The Labute approximate surface area is 139 Å². The first-order valence-corrected chi connectivity index (χ1v) is 8.21. The SMILES string of the molecule is CCC[C@H](NC(=O)COc1ccccc1Br)c1ccccc1. The molecule has 0 aliphatic heterocycles. The lowest BCUT2D eigenvalue weighted by Crippen LogP contribution is -2.32. The molecule has 22 heavy (non-hydrogen) atoms. The number of ether oxygens (including phenoxy) is 1. The summed E-state index contributed by atoms with van der Waals surface area (Å²) in [7, 11) is 0. The molecule has 0 radical (unpaired) electrons. The standard InChI is InChI=1S/C18H20BrNO2/c1-2-8-16(14-9-4-3-5-10-14)20-18(21)13-22-17-12-7-6-11-15(17)19/h3-7,9-12,16H,2,8,13H2,1H3,(H,20,21)/t16-/m0/s1. The van der Waals surface area contributed by atoms with Crippen LogP contribution in [0.25, 0.3) is 0 Å². The number of hydrogen-bond donors (Lipinski definition) is 1. The molecule has 2 rings (SSSR count). The summed E-state index contributed by atoms with van der Waals surface area (Å²) < 4.78 is 6.40. The highest BCUT2D eigenvalue weighted by Gasteiger charge is 2.14. The van der Waals surface area contributed by atoms with Crippen LogP contribution in [0.5, 0.6) is 5.75 Å². The van der Waals surface area contributed by atoms with Crippen molar-refractivity contribution in [2.75, 3.05) is 6.61 Å². The molecule has 0 aromatic heterocycles. The normalized spacial score (nSPS) is 11.7. The van der Waals surface area contributed by atoms with E-state index in [4.69, 9.17) is 4.74 Å². The quantitative estimate of drug-likeness (QED) is 0.788. The molecule has 0 saturated heterocycles. The van der Waals surface area contributed by atoms with E-state index in [9.17, 15) is 4.79 Å². The molecule has 3 nitrogen and oxygen atoms in total. The van der Waals surface area contributed by atoms with Gasteiger partial charge in [0.15, 0.2) is 6.61 Å². The molecule has 1 amide bonds. The van der Waals surface area contributed by atoms with Crippen molar-refractivity contribution in [1.82, 2.24) is 5.32 Å². The van der Waals surface area contributed by atoms with Crippen molar-refractivity contribution in [3.05, 3.63) is 64.6 Å². The van der Waals surface area contributed by atoms with Crippen molar-refractivity contribution in [2.24, 2.45) is 0 Å². The summed E-state index contributed by atoms with van der Waals surface area (Å²) in [5.41, 5.74) is 1.12. The Morgan fingerprint density at radius 1 is 1.14 bits per heavy atom. The molecule has 0 saturated carbocycles. The highest BCUT2D eigenvalue weighted by molar-refractivity contribution is 9.10. The largest absolute Gasteiger partial charge is 0.483 e. The third-order valence-electron chi connectivity index (χ3n) is 3.31. The van der Waals surface area contributed by atoms with Crippen molar-refractivity contribution in [3.63, 3.8) is 0 Å². The van der Waals surface area contributed by atoms with Gasteiger partial charge in [-0.2, -0.15) is 0 Å². The van der Waals surface area contributed by atoms with Gasteiger partial charge in [0.2, 0.25) is 0 Å². The monoisotopic (exact) mass is 361 g/mol. The Hall–Kier alpha value is -1.81. The van der Waals surface area contributed by atoms with Crippen LogP contribution in [0.1, 0.15) is 31.4 Å². The fourth-order valence-corrected chi connectivity index (χ4v) is 2.64. The number of hydrogen-bond acceptors (Lipinski definition) is 2. The van der Waals surface area contributed by atoms with Gasteiger partial charge >= 0.3 is 0 Å². The lowest BCUT2D eigenvalue weighted by Gasteiger charge is -2.19. The third kappa shape index (κ3) is 4.88. The van der Waals surface area contributed by atoms with Crippen molar-refractivity contribution in [3.8, 4) is 5.75 Å². The van der Waals surface area contributed by atoms with Crippen molar-refractivity contribution in [2.45, 2.75) is 25.8 Å². The zero-order chi connectivity index (χ0) is 15.8. The molecule has 2 aromatic carbocycles. The van der Waals surface area contributed by atoms with E-state index in [-0.39, 0.29) is 18.6 Å². The zero-order valence-corrected chi connectivity index (χ0v) is 14.2. The Kier molecular flexibility index (Phi) is 6.46. The first-order valence-electron chi connectivity index (χ1n) is 7.42. The number of rotatable bonds is 7. The van der Waals surface area contributed by atoms with Crippen LogP contribution < -0.4 is 10.1 Å². The first kappa shape index (κ1) is 16.6. The summed E-state index contributed by atoms with van der Waals surface area (Å²) in [5.74, 6) is 0.558. The van der Waals surface area contributed by atoms with Crippen LogP contribution in [0.3, 0.4) is 0 Å². The van der Waals surface area contributed by atoms with E-state index in [1.54, 1.807) is 0 Å². The average Bonchev–Trinajstić information content (AvgIpc) is 2.54. The minimum absolute atomic E-state index is 0.00958. The van der Waals surface area contributed by atoms with Gasteiger partial charge in [-0.15, -0.1) is 0 Å². The predicted octanol–water partition coefficient (Wildman–Crippen LogP) is 4.49. The molecule has 116 valence electrons. The molecule has 0 aliphatic carbocycles. The number of carbonyl (C=O) groups is 1. The summed E-state index contributed by atoms with van der Waals surface area (Å²) in [4.78, 5) is 12.1. The molecular weight excluding hydrogens is 342 g/mol. The molecule has 0 heterocycles. The molecule has 0 bridgehead atoms. The fraction of sp³-hybridized carbons (Fsp3) is 0.278. The van der Waals surface area contributed by atoms with Gasteiger partial charge in [0.25, 0.3) is 5.91 Å². The molecule has 0 fully saturated rings. The van der Waals surface area contributed by atoms with Gasteiger partial charge in [0.1, 0.15) is 5.75 Å². The predicted molar refractivity (Wildman–Crippen MR) is 91.9 cm³/mol. The van der Waals surface area contributed by atoms with Crippen LogP contribution in [-0.2, 0) is 4.79 Å². The summed E-state index contributed by atoms with van der Waals surface area (Å²) in [6.45, 7) is 2.12.